The number of hydrogen-bond donors (Lipinski definition) is 0. The minimum atomic E-state index is -3.58. The van der Waals surface area contributed by atoms with Crippen LogP contribution in [0.25, 0.3) is 0 Å². The Bertz CT molecular complexity index is 617. The van der Waals surface area contributed by atoms with Crippen LogP contribution in [-0.2, 0) is 16.4 Å². The summed E-state index contributed by atoms with van der Waals surface area (Å²) in [5.41, 5.74) is 2.93. The summed E-state index contributed by atoms with van der Waals surface area (Å²) in [5.74, 6) is 0. The van der Waals surface area contributed by atoms with Gasteiger partial charge in [0.15, 0.2) is 5.25 Å². The standard InChI is InChI=1S/C14H18N2O2S/c1-3-13(10-15)19(17,18)16-8-4-5-12-9-11(2)6-7-14(12)16/h6-7,9,13H,3-5,8H2,1-2H3. The average Bonchev–Trinajstić information content (AvgIpc) is 2.38. The van der Waals surface area contributed by atoms with E-state index < -0.39 is 15.3 Å². The Morgan fingerprint density at radius 1 is 1.47 bits per heavy atom. The van der Waals surface area contributed by atoms with Gasteiger partial charge >= 0.3 is 0 Å². The fraction of sp³-hybridized carbons (Fsp3) is 0.500. The molecule has 102 valence electrons. The molecule has 19 heavy (non-hydrogen) atoms. The van der Waals surface area contributed by atoms with Gasteiger partial charge in [-0.3, -0.25) is 4.31 Å². The largest absolute Gasteiger partial charge is 0.269 e. The molecule has 0 saturated heterocycles. The van der Waals surface area contributed by atoms with E-state index in [-0.39, 0.29) is 0 Å². The van der Waals surface area contributed by atoms with Crippen molar-refractivity contribution in [2.45, 2.75) is 38.4 Å². The summed E-state index contributed by atoms with van der Waals surface area (Å²) in [6.07, 6.45) is 2.01. The maximum absolute atomic E-state index is 12.5. The number of nitrogens with zero attached hydrogens (tertiary/aromatic N) is 2. The second kappa shape index (κ2) is 5.22. The van der Waals surface area contributed by atoms with Crippen molar-refractivity contribution in [3.05, 3.63) is 29.3 Å². The SMILES string of the molecule is CCC(C#N)S(=O)(=O)N1CCCc2cc(C)ccc21. The molecule has 4 nitrogen and oxygen atoms in total. The molecule has 0 amide bonds. The monoisotopic (exact) mass is 278 g/mol. The molecule has 0 N–H and O–H groups in total. The van der Waals surface area contributed by atoms with Gasteiger partial charge in [0, 0.05) is 6.54 Å². The number of benzene rings is 1. The first-order valence-electron chi connectivity index (χ1n) is 6.51. The zero-order chi connectivity index (χ0) is 14.0. The van der Waals surface area contributed by atoms with E-state index in [1.807, 2.05) is 31.2 Å². The van der Waals surface area contributed by atoms with Crippen molar-refractivity contribution in [2.24, 2.45) is 0 Å². The van der Waals surface area contributed by atoms with Crippen LogP contribution in [0, 0.1) is 18.3 Å². The van der Waals surface area contributed by atoms with Crippen molar-refractivity contribution in [2.75, 3.05) is 10.8 Å². The molecule has 1 aromatic rings. The molecule has 0 bridgehead atoms. The van der Waals surface area contributed by atoms with E-state index >= 15 is 0 Å². The van der Waals surface area contributed by atoms with Crippen LogP contribution in [0.1, 0.15) is 30.9 Å². The first-order chi connectivity index (χ1) is 9.00. The van der Waals surface area contributed by atoms with Crippen LogP contribution in [0.5, 0.6) is 0 Å². The third-order valence-electron chi connectivity index (χ3n) is 3.49. The first-order valence-corrected chi connectivity index (χ1v) is 8.01. The molecule has 1 aromatic carbocycles. The van der Waals surface area contributed by atoms with Gasteiger partial charge in [0.25, 0.3) is 10.0 Å². The maximum Gasteiger partial charge on any atom is 0.251 e. The van der Waals surface area contributed by atoms with Crippen molar-refractivity contribution in [1.29, 1.82) is 5.26 Å². The third-order valence-corrected chi connectivity index (χ3v) is 5.64. The van der Waals surface area contributed by atoms with Crippen molar-refractivity contribution >= 4 is 15.7 Å². The Morgan fingerprint density at radius 3 is 2.84 bits per heavy atom. The molecular formula is C14H18N2O2S. The second-order valence-electron chi connectivity index (χ2n) is 4.88. The highest BCUT2D eigenvalue weighted by Gasteiger charge is 2.33. The second-order valence-corrected chi connectivity index (χ2v) is 6.92. The molecule has 1 aliphatic heterocycles. The Labute approximate surface area is 114 Å². The number of aryl methyl sites for hydroxylation is 2. The van der Waals surface area contributed by atoms with E-state index in [1.54, 1.807) is 6.92 Å². The third kappa shape index (κ3) is 2.45. The summed E-state index contributed by atoms with van der Waals surface area (Å²) in [5, 5.41) is 8.07. The van der Waals surface area contributed by atoms with E-state index in [1.165, 1.54) is 4.31 Å². The summed E-state index contributed by atoms with van der Waals surface area (Å²) in [6, 6.07) is 7.70. The van der Waals surface area contributed by atoms with Crippen LogP contribution in [0.3, 0.4) is 0 Å². The Morgan fingerprint density at radius 2 is 2.21 bits per heavy atom. The fourth-order valence-electron chi connectivity index (χ4n) is 2.48. The van der Waals surface area contributed by atoms with Crippen molar-refractivity contribution in [3.8, 4) is 6.07 Å². The Hall–Kier alpha value is -1.54. The maximum atomic E-state index is 12.5. The van der Waals surface area contributed by atoms with E-state index in [9.17, 15) is 8.42 Å². The summed E-state index contributed by atoms with van der Waals surface area (Å²) in [7, 11) is -3.58. The molecule has 1 aliphatic rings. The number of anilines is 1. The smallest absolute Gasteiger partial charge is 0.251 e. The number of nitriles is 1. The summed E-state index contributed by atoms with van der Waals surface area (Å²) in [6.45, 7) is 4.19. The van der Waals surface area contributed by atoms with Gasteiger partial charge in [-0.25, -0.2) is 8.42 Å². The lowest BCUT2D eigenvalue weighted by atomic mass is 10.0. The summed E-state index contributed by atoms with van der Waals surface area (Å²) < 4.78 is 26.4. The van der Waals surface area contributed by atoms with Crippen LogP contribution in [0.15, 0.2) is 18.2 Å². The average molecular weight is 278 g/mol. The lowest BCUT2D eigenvalue weighted by Gasteiger charge is -2.32. The molecular weight excluding hydrogens is 260 g/mol. The highest BCUT2D eigenvalue weighted by atomic mass is 32.2. The van der Waals surface area contributed by atoms with E-state index in [0.717, 1.165) is 29.7 Å². The number of fused-ring (bicyclic) bond motifs is 1. The van der Waals surface area contributed by atoms with Crippen LogP contribution >= 0.6 is 0 Å². The van der Waals surface area contributed by atoms with Gasteiger partial charge in [0.2, 0.25) is 0 Å². The number of rotatable bonds is 3. The zero-order valence-electron chi connectivity index (χ0n) is 11.3. The summed E-state index contributed by atoms with van der Waals surface area (Å²) >= 11 is 0. The van der Waals surface area contributed by atoms with Crippen LogP contribution in [0.2, 0.25) is 0 Å². The lowest BCUT2D eigenvalue weighted by molar-refractivity contribution is 0.578. The number of sulfonamides is 1. The molecule has 0 aliphatic carbocycles. The quantitative estimate of drug-likeness (QED) is 0.853. The predicted octanol–water partition coefficient (Wildman–Crippen LogP) is 2.38. The van der Waals surface area contributed by atoms with Crippen LogP contribution < -0.4 is 4.31 Å². The van der Waals surface area contributed by atoms with Gasteiger partial charge in [-0.1, -0.05) is 24.6 Å². The molecule has 0 spiro atoms. The van der Waals surface area contributed by atoms with Gasteiger partial charge in [0.1, 0.15) is 0 Å². The van der Waals surface area contributed by atoms with Crippen molar-refractivity contribution < 1.29 is 8.42 Å². The molecule has 1 heterocycles. The van der Waals surface area contributed by atoms with Gasteiger partial charge in [-0.15, -0.1) is 0 Å². The van der Waals surface area contributed by atoms with Crippen molar-refractivity contribution in [3.63, 3.8) is 0 Å². The fourth-order valence-corrected chi connectivity index (χ4v) is 4.18. The molecule has 2 rings (SSSR count). The molecule has 0 fully saturated rings. The molecule has 0 radical (unpaired) electrons. The summed E-state index contributed by atoms with van der Waals surface area (Å²) in [4.78, 5) is 0. The number of hydrogen-bond acceptors (Lipinski definition) is 3. The highest BCUT2D eigenvalue weighted by molar-refractivity contribution is 7.93. The van der Waals surface area contributed by atoms with Crippen LogP contribution in [0.4, 0.5) is 5.69 Å². The van der Waals surface area contributed by atoms with E-state index in [2.05, 4.69) is 0 Å². The van der Waals surface area contributed by atoms with Gasteiger partial charge in [0.05, 0.1) is 11.8 Å². The highest BCUT2D eigenvalue weighted by Crippen LogP contribution is 2.31. The molecule has 1 atom stereocenters. The minimum absolute atomic E-state index is 0.316. The Balaban J connectivity index is 2.47. The van der Waals surface area contributed by atoms with Crippen LogP contribution in [-0.4, -0.2) is 20.2 Å². The Kier molecular flexibility index (Phi) is 3.81. The molecule has 0 aromatic heterocycles. The van der Waals surface area contributed by atoms with E-state index in [4.69, 9.17) is 5.26 Å². The van der Waals surface area contributed by atoms with Crippen molar-refractivity contribution in [1.82, 2.24) is 0 Å². The first kappa shape index (κ1) is 13.9. The molecule has 1 unspecified atom stereocenters. The topological polar surface area (TPSA) is 61.2 Å². The lowest BCUT2D eigenvalue weighted by Crippen LogP contribution is -2.41. The normalized spacial score (nSPS) is 16.6. The predicted molar refractivity (Wildman–Crippen MR) is 75.5 cm³/mol. The minimum Gasteiger partial charge on any atom is -0.269 e. The zero-order valence-corrected chi connectivity index (χ0v) is 12.1. The van der Waals surface area contributed by atoms with Gasteiger partial charge < -0.3 is 0 Å². The van der Waals surface area contributed by atoms with Gasteiger partial charge in [-0.05, 0) is 37.8 Å². The van der Waals surface area contributed by atoms with Gasteiger partial charge in [-0.2, -0.15) is 5.26 Å². The van der Waals surface area contributed by atoms with E-state index in [0.29, 0.717) is 13.0 Å². The molecule has 5 heteroatoms. The molecule has 0 saturated carbocycles.